The van der Waals surface area contributed by atoms with Gasteiger partial charge in [0.05, 0.1) is 37.0 Å². The molecule has 4 aliphatic carbocycles. The van der Waals surface area contributed by atoms with Crippen molar-refractivity contribution in [3.05, 3.63) is 0 Å². The van der Waals surface area contributed by atoms with Gasteiger partial charge in [0, 0.05) is 18.1 Å². The minimum absolute atomic E-state index is 0.599. The molecule has 0 radical (unpaired) electrons. The first kappa shape index (κ1) is 46.4. The second kappa shape index (κ2) is 23.3. The second-order valence-electron chi connectivity index (χ2n) is 23.8. The first-order chi connectivity index (χ1) is 31.2. The normalized spacial score (nSPS) is 44.1. The number of nitrogens with zero attached hydrogens (tertiary/aromatic N) is 3. The van der Waals surface area contributed by atoms with Gasteiger partial charge in [0.15, 0.2) is 0 Å². The monoisotopic (exact) mass is 874 g/mol. The van der Waals surface area contributed by atoms with Crippen LogP contribution in [0.25, 0.3) is 0 Å². The largest absolute Gasteiger partial charge is 0.302 e. The summed E-state index contributed by atoms with van der Waals surface area (Å²) in [4.78, 5) is 9.09. The molecule has 0 aromatic rings. The summed E-state index contributed by atoms with van der Waals surface area (Å²) in [5.41, 5.74) is 0. The van der Waals surface area contributed by atoms with Crippen LogP contribution in [0.15, 0.2) is 0 Å². The SMILES string of the molecule is C1CCC(N(C2CCC(C3CC(C4CCC(N(C5CCCCN5)C5CCCCN5)CC4)CC(C4CCC(N(C5CCCCN5)C5CCCCN5)CC4)C3)CC2)C2CCCCN2)NC1. The summed E-state index contributed by atoms with van der Waals surface area (Å²) in [6, 6.07) is 2.32. The van der Waals surface area contributed by atoms with Crippen LogP contribution in [0.3, 0.4) is 0 Å². The first-order valence-corrected chi connectivity index (χ1v) is 29.0. The molecule has 9 heteroatoms. The fourth-order valence-corrected chi connectivity index (χ4v) is 16.9. The molecule has 6 aliphatic heterocycles. The van der Waals surface area contributed by atoms with E-state index in [-0.39, 0.29) is 0 Å². The number of hydrogen-bond acceptors (Lipinski definition) is 9. The fourth-order valence-electron chi connectivity index (χ4n) is 16.9. The van der Waals surface area contributed by atoms with E-state index in [1.807, 2.05) is 0 Å². The van der Waals surface area contributed by atoms with Crippen molar-refractivity contribution in [1.82, 2.24) is 46.6 Å². The standard InChI is InChI=1S/C54H99N9/c1-7-31-55-49(13-1)61(50-14-2-8-32-56-50)46-25-19-40(20-26-46)43-37-44(41-21-27-47(28-22-41)62(51-15-3-9-33-57-51)52-16-4-10-34-58-52)39-45(38-43)42-23-29-48(30-24-42)63(53-17-5-11-35-59-53)54-18-6-12-36-60-54/h40-60H,1-39H2. The molecule has 0 bridgehead atoms. The summed E-state index contributed by atoms with van der Waals surface area (Å²) in [7, 11) is 0. The lowest BCUT2D eigenvalue weighted by molar-refractivity contribution is -0.0303. The van der Waals surface area contributed by atoms with Crippen molar-refractivity contribution in [3.63, 3.8) is 0 Å². The second-order valence-corrected chi connectivity index (χ2v) is 23.8. The zero-order valence-electron chi connectivity index (χ0n) is 40.6. The zero-order chi connectivity index (χ0) is 42.2. The summed E-state index contributed by atoms with van der Waals surface area (Å²) in [5, 5.41) is 24.2. The van der Waals surface area contributed by atoms with Gasteiger partial charge in [-0.25, -0.2) is 0 Å². The van der Waals surface area contributed by atoms with E-state index in [9.17, 15) is 0 Å². The molecule has 10 rings (SSSR count). The van der Waals surface area contributed by atoms with Crippen LogP contribution < -0.4 is 31.9 Å². The van der Waals surface area contributed by atoms with Crippen molar-refractivity contribution in [3.8, 4) is 0 Å². The highest BCUT2D eigenvalue weighted by atomic mass is 15.4. The van der Waals surface area contributed by atoms with E-state index in [4.69, 9.17) is 0 Å². The molecule has 0 amide bonds. The van der Waals surface area contributed by atoms with Crippen molar-refractivity contribution >= 4 is 0 Å². The van der Waals surface area contributed by atoms with Gasteiger partial charge in [0.1, 0.15) is 0 Å². The third-order valence-electron chi connectivity index (χ3n) is 20.2. The Balaban J connectivity index is 0.818. The topological polar surface area (TPSA) is 81.9 Å². The van der Waals surface area contributed by atoms with E-state index in [0.717, 1.165) is 53.6 Å². The molecule has 10 fully saturated rings. The molecule has 6 unspecified atom stereocenters. The lowest BCUT2D eigenvalue weighted by Gasteiger charge is -2.52. The maximum Gasteiger partial charge on any atom is 0.0613 e. The van der Waals surface area contributed by atoms with Gasteiger partial charge in [0.2, 0.25) is 0 Å². The Morgan fingerprint density at radius 2 is 0.413 bits per heavy atom. The van der Waals surface area contributed by atoms with Crippen LogP contribution in [-0.4, -0.2) is 109 Å². The highest BCUT2D eigenvalue weighted by Crippen LogP contribution is 2.52. The average Bonchev–Trinajstić information content (AvgIpc) is 3.37. The quantitative estimate of drug-likeness (QED) is 0.115. The predicted octanol–water partition coefficient (Wildman–Crippen LogP) is 9.20. The van der Waals surface area contributed by atoms with Crippen molar-refractivity contribution in [2.45, 2.75) is 267 Å². The lowest BCUT2D eigenvalue weighted by Crippen LogP contribution is -2.62. The maximum atomic E-state index is 4.03. The van der Waals surface area contributed by atoms with E-state index in [2.05, 4.69) is 46.6 Å². The Morgan fingerprint density at radius 1 is 0.206 bits per heavy atom. The highest BCUT2D eigenvalue weighted by Gasteiger charge is 2.46. The molecule has 0 spiro atoms. The van der Waals surface area contributed by atoms with Crippen molar-refractivity contribution in [2.24, 2.45) is 35.5 Å². The third-order valence-corrected chi connectivity index (χ3v) is 20.2. The predicted molar refractivity (Wildman–Crippen MR) is 261 cm³/mol. The summed E-state index contributed by atoms with van der Waals surface area (Å²) in [5.74, 6) is 5.83. The van der Waals surface area contributed by atoms with Gasteiger partial charge >= 0.3 is 0 Å². The summed E-state index contributed by atoms with van der Waals surface area (Å²) in [6.45, 7) is 7.32. The molecule has 10 aliphatic rings. The lowest BCUT2D eigenvalue weighted by atomic mass is 9.59. The third kappa shape index (κ3) is 11.6. The molecular formula is C54H99N9. The van der Waals surface area contributed by atoms with Crippen LogP contribution in [0, 0.1) is 35.5 Å². The van der Waals surface area contributed by atoms with Crippen molar-refractivity contribution in [1.29, 1.82) is 0 Å². The van der Waals surface area contributed by atoms with Gasteiger partial charge in [0.25, 0.3) is 0 Å². The zero-order valence-corrected chi connectivity index (χ0v) is 40.6. The maximum absolute atomic E-state index is 4.03. The molecule has 0 aromatic carbocycles. The van der Waals surface area contributed by atoms with Crippen molar-refractivity contribution < 1.29 is 0 Å². The van der Waals surface area contributed by atoms with Crippen LogP contribution in [0.5, 0.6) is 0 Å². The average molecular weight is 874 g/mol. The van der Waals surface area contributed by atoms with Gasteiger partial charge < -0.3 is 31.9 Å². The summed E-state index contributed by atoms with van der Waals surface area (Å²) in [6.07, 6.45) is 50.8. The molecule has 6 N–H and O–H groups in total. The molecule has 6 atom stereocenters. The van der Waals surface area contributed by atoms with Gasteiger partial charge in [-0.3, -0.25) is 14.7 Å². The van der Waals surface area contributed by atoms with Crippen LogP contribution in [0.2, 0.25) is 0 Å². The molecule has 4 saturated carbocycles. The highest BCUT2D eigenvalue weighted by molar-refractivity contribution is 4.98. The van der Waals surface area contributed by atoms with Gasteiger partial charge in [-0.2, -0.15) is 0 Å². The minimum atomic E-state index is 0.599. The smallest absolute Gasteiger partial charge is 0.0613 e. The van der Waals surface area contributed by atoms with Crippen LogP contribution in [0.1, 0.15) is 212 Å². The van der Waals surface area contributed by atoms with Gasteiger partial charge in [-0.1, -0.05) is 0 Å². The number of hydrogen-bond donors (Lipinski definition) is 6. The van der Waals surface area contributed by atoms with Crippen LogP contribution in [0.4, 0.5) is 0 Å². The fraction of sp³-hybridized carbons (Fsp3) is 1.00. The Bertz CT molecular complexity index is 1070. The number of piperidine rings is 6. The van der Waals surface area contributed by atoms with Gasteiger partial charge in [-0.05, 0) is 287 Å². The Morgan fingerprint density at radius 3 is 0.587 bits per heavy atom. The first-order valence-electron chi connectivity index (χ1n) is 29.0. The molecule has 6 saturated heterocycles. The summed E-state index contributed by atoms with van der Waals surface area (Å²) < 4.78 is 0. The van der Waals surface area contributed by atoms with Crippen LogP contribution in [-0.2, 0) is 0 Å². The number of rotatable bonds is 12. The van der Waals surface area contributed by atoms with E-state index in [1.54, 1.807) is 19.3 Å². The van der Waals surface area contributed by atoms with Crippen LogP contribution >= 0.6 is 0 Å². The summed E-state index contributed by atoms with van der Waals surface area (Å²) >= 11 is 0. The molecule has 360 valence electrons. The van der Waals surface area contributed by atoms with E-state index in [1.165, 1.54) is 232 Å². The minimum Gasteiger partial charge on any atom is -0.302 e. The Labute approximate surface area is 387 Å². The van der Waals surface area contributed by atoms with E-state index in [0.29, 0.717) is 37.0 Å². The van der Waals surface area contributed by atoms with Gasteiger partial charge in [-0.15, -0.1) is 0 Å². The van der Waals surface area contributed by atoms with Crippen molar-refractivity contribution in [2.75, 3.05) is 39.3 Å². The Hall–Kier alpha value is -0.360. The molecule has 6 heterocycles. The molecule has 0 aromatic heterocycles. The number of nitrogens with one attached hydrogen (secondary N) is 6. The molecular weight excluding hydrogens is 775 g/mol. The molecule has 9 nitrogen and oxygen atoms in total. The molecule has 63 heavy (non-hydrogen) atoms. The Kier molecular flexibility index (Phi) is 17.1. The van der Waals surface area contributed by atoms with E-state index < -0.39 is 0 Å². The van der Waals surface area contributed by atoms with E-state index >= 15 is 0 Å².